The zero-order valence-corrected chi connectivity index (χ0v) is 11.5. The second kappa shape index (κ2) is 5.02. The lowest BCUT2D eigenvalue weighted by molar-refractivity contribution is 0.628. The number of aryl methyl sites for hydroxylation is 1. The highest BCUT2D eigenvalue weighted by atomic mass is 32.1. The highest BCUT2D eigenvalue weighted by molar-refractivity contribution is 7.13. The van der Waals surface area contributed by atoms with Gasteiger partial charge in [-0.2, -0.15) is 5.10 Å². The van der Waals surface area contributed by atoms with Crippen molar-refractivity contribution in [1.82, 2.24) is 4.07 Å². The molecule has 3 aromatic rings. The van der Waals surface area contributed by atoms with Gasteiger partial charge in [-0.3, -0.25) is 4.79 Å². The molecule has 0 N–H and O–H groups in total. The third-order valence-corrected chi connectivity index (χ3v) is 3.89. The van der Waals surface area contributed by atoms with E-state index >= 15 is 0 Å². The fraction of sp³-hybridized carbons (Fsp3) is 0.0667. The van der Waals surface area contributed by atoms with Crippen LogP contribution in [0, 0.1) is 12.7 Å². The third-order valence-electron chi connectivity index (χ3n) is 2.91. The molecule has 0 radical (unpaired) electrons. The quantitative estimate of drug-likeness (QED) is 0.665. The molecular weight excluding hydrogens is 275 g/mol. The molecule has 0 spiro atoms. The zero-order chi connectivity index (χ0) is 14.1. The first-order valence-corrected chi connectivity index (χ1v) is 6.83. The second-order valence-corrected chi connectivity index (χ2v) is 5.43. The van der Waals surface area contributed by atoms with E-state index in [9.17, 15) is 9.18 Å². The van der Waals surface area contributed by atoms with Crippen LogP contribution in [0.3, 0.4) is 0 Å². The summed E-state index contributed by atoms with van der Waals surface area (Å²) in [5, 5.41) is 4.82. The molecule has 0 aliphatic rings. The van der Waals surface area contributed by atoms with Crippen LogP contribution >= 0.6 is 11.5 Å². The fourth-order valence-electron chi connectivity index (χ4n) is 1.87. The molecule has 0 amide bonds. The summed E-state index contributed by atoms with van der Waals surface area (Å²) in [6.45, 7) is 1.95. The van der Waals surface area contributed by atoms with Crippen LogP contribution in [0.15, 0.2) is 52.4 Å². The molecule has 20 heavy (non-hydrogen) atoms. The average molecular weight is 286 g/mol. The Morgan fingerprint density at radius 1 is 1.20 bits per heavy atom. The second-order valence-electron chi connectivity index (χ2n) is 4.47. The Labute approximate surface area is 118 Å². The number of aromatic nitrogens is 1. The summed E-state index contributed by atoms with van der Waals surface area (Å²) in [6.07, 6.45) is 1.54. The maximum Gasteiger partial charge on any atom is 0.289 e. The van der Waals surface area contributed by atoms with Gasteiger partial charge in [-0.1, -0.05) is 23.8 Å². The minimum atomic E-state index is -0.295. The van der Waals surface area contributed by atoms with E-state index in [1.54, 1.807) is 18.3 Å². The van der Waals surface area contributed by atoms with Crippen LogP contribution in [0.2, 0.25) is 0 Å². The Balaban J connectivity index is 2.00. The van der Waals surface area contributed by atoms with Crippen LogP contribution in [0.25, 0.3) is 10.1 Å². The summed E-state index contributed by atoms with van der Waals surface area (Å²) in [4.78, 5) is 12.2. The van der Waals surface area contributed by atoms with Gasteiger partial charge in [-0.05, 0) is 48.3 Å². The minimum Gasteiger partial charge on any atom is -0.266 e. The van der Waals surface area contributed by atoms with Crippen molar-refractivity contribution >= 4 is 27.8 Å². The first kappa shape index (κ1) is 12.7. The van der Waals surface area contributed by atoms with Gasteiger partial charge in [0.1, 0.15) is 5.82 Å². The van der Waals surface area contributed by atoms with Gasteiger partial charge in [0.2, 0.25) is 0 Å². The summed E-state index contributed by atoms with van der Waals surface area (Å²) in [5.74, 6) is -0.295. The van der Waals surface area contributed by atoms with Gasteiger partial charge in [0.05, 0.1) is 16.3 Å². The molecule has 0 fully saturated rings. The topological polar surface area (TPSA) is 34.4 Å². The molecule has 0 unspecified atom stereocenters. The Morgan fingerprint density at radius 3 is 2.70 bits per heavy atom. The number of halogens is 1. The molecular formula is C15H11FN2OS. The molecule has 3 nitrogen and oxygen atoms in total. The van der Waals surface area contributed by atoms with Crippen molar-refractivity contribution in [3.63, 3.8) is 0 Å². The van der Waals surface area contributed by atoms with E-state index in [4.69, 9.17) is 0 Å². The monoisotopic (exact) mass is 286 g/mol. The lowest BCUT2D eigenvalue weighted by atomic mass is 10.2. The van der Waals surface area contributed by atoms with Crippen molar-refractivity contribution in [2.45, 2.75) is 6.92 Å². The summed E-state index contributed by atoms with van der Waals surface area (Å²) in [6, 6.07) is 11.7. The van der Waals surface area contributed by atoms with Crippen LogP contribution in [0.4, 0.5) is 4.39 Å². The lowest BCUT2D eigenvalue weighted by Gasteiger charge is -1.92. The van der Waals surface area contributed by atoms with Gasteiger partial charge >= 0.3 is 0 Å². The molecule has 3 rings (SSSR count). The van der Waals surface area contributed by atoms with Gasteiger partial charge < -0.3 is 0 Å². The summed E-state index contributed by atoms with van der Waals surface area (Å²) in [7, 11) is 0. The zero-order valence-electron chi connectivity index (χ0n) is 10.7. The molecule has 0 aliphatic carbocycles. The van der Waals surface area contributed by atoms with E-state index in [0.29, 0.717) is 5.39 Å². The third kappa shape index (κ3) is 2.40. The Morgan fingerprint density at radius 2 is 1.95 bits per heavy atom. The van der Waals surface area contributed by atoms with E-state index in [-0.39, 0.29) is 11.4 Å². The Bertz CT molecular complexity index is 846. The average Bonchev–Trinajstić information content (AvgIpc) is 2.75. The number of fused-ring (bicyclic) bond motifs is 1. The van der Waals surface area contributed by atoms with E-state index < -0.39 is 0 Å². The molecule has 1 aromatic heterocycles. The smallest absolute Gasteiger partial charge is 0.266 e. The molecule has 0 atom stereocenters. The SMILES string of the molecule is Cc1ccc2sn(/N=C/c3ccc(F)cc3)c(=O)c2c1. The number of hydrogen-bond acceptors (Lipinski definition) is 3. The Hall–Kier alpha value is -2.27. The molecule has 2 aromatic carbocycles. The van der Waals surface area contributed by atoms with Crippen LogP contribution in [-0.2, 0) is 0 Å². The van der Waals surface area contributed by atoms with E-state index in [2.05, 4.69) is 5.10 Å². The predicted octanol–water partition coefficient (Wildman–Crippen LogP) is 3.39. The van der Waals surface area contributed by atoms with Crippen LogP contribution < -0.4 is 5.56 Å². The highest BCUT2D eigenvalue weighted by Crippen LogP contribution is 2.17. The molecule has 0 saturated heterocycles. The Kier molecular flexibility index (Phi) is 3.20. The van der Waals surface area contributed by atoms with Gasteiger partial charge in [0, 0.05) is 0 Å². The number of hydrogen-bond donors (Lipinski definition) is 0. The van der Waals surface area contributed by atoms with Gasteiger partial charge in [0.15, 0.2) is 0 Å². The van der Waals surface area contributed by atoms with E-state index in [1.165, 1.54) is 27.7 Å². The van der Waals surface area contributed by atoms with Crippen molar-refractivity contribution < 1.29 is 4.39 Å². The first-order chi connectivity index (χ1) is 9.63. The van der Waals surface area contributed by atoms with Crippen molar-refractivity contribution in [3.05, 3.63) is 69.8 Å². The van der Waals surface area contributed by atoms with Gasteiger partial charge in [-0.15, -0.1) is 4.07 Å². The summed E-state index contributed by atoms with van der Waals surface area (Å²) in [5.41, 5.74) is 1.65. The molecule has 5 heteroatoms. The maximum absolute atomic E-state index is 12.8. The van der Waals surface area contributed by atoms with Crippen LogP contribution in [0.1, 0.15) is 11.1 Å². The largest absolute Gasteiger partial charge is 0.289 e. The molecule has 1 heterocycles. The molecule has 0 bridgehead atoms. The fourth-order valence-corrected chi connectivity index (χ4v) is 2.71. The van der Waals surface area contributed by atoms with Crippen molar-refractivity contribution in [2.75, 3.05) is 0 Å². The number of nitrogens with zero attached hydrogens (tertiary/aromatic N) is 2. The minimum absolute atomic E-state index is 0.132. The molecule has 0 saturated carbocycles. The van der Waals surface area contributed by atoms with Crippen molar-refractivity contribution in [3.8, 4) is 0 Å². The van der Waals surface area contributed by atoms with Gasteiger partial charge in [-0.25, -0.2) is 4.39 Å². The summed E-state index contributed by atoms with van der Waals surface area (Å²) < 4.78 is 15.0. The van der Waals surface area contributed by atoms with Crippen LogP contribution in [-0.4, -0.2) is 10.3 Å². The lowest BCUT2D eigenvalue weighted by Crippen LogP contribution is -2.08. The normalized spacial score (nSPS) is 11.5. The van der Waals surface area contributed by atoms with E-state index in [0.717, 1.165) is 15.8 Å². The standard InChI is InChI=1S/C15H11FN2OS/c1-10-2-7-14-13(8-10)15(19)18(20-14)17-9-11-3-5-12(16)6-4-11/h2-9H,1H3/b17-9+. The van der Waals surface area contributed by atoms with Gasteiger partial charge in [0.25, 0.3) is 5.56 Å². The van der Waals surface area contributed by atoms with E-state index in [1.807, 2.05) is 25.1 Å². The predicted molar refractivity (Wildman–Crippen MR) is 80.2 cm³/mol. The number of rotatable bonds is 2. The number of benzene rings is 2. The highest BCUT2D eigenvalue weighted by Gasteiger charge is 2.06. The maximum atomic E-state index is 12.8. The first-order valence-electron chi connectivity index (χ1n) is 6.06. The molecule has 100 valence electrons. The molecule has 0 aliphatic heterocycles. The summed E-state index contributed by atoms with van der Waals surface area (Å²) >= 11 is 1.29. The van der Waals surface area contributed by atoms with Crippen molar-refractivity contribution in [2.24, 2.45) is 5.10 Å². The van der Waals surface area contributed by atoms with Crippen LogP contribution in [0.5, 0.6) is 0 Å². The van der Waals surface area contributed by atoms with Crippen molar-refractivity contribution in [1.29, 1.82) is 0 Å².